The van der Waals surface area contributed by atoms with Crippen LogP contribution in [0, 0.1) is 0 Å². The van der Waals surface area contributed by atoms with Crippen LogP contribution in [0.5, 0.6) is 0 Å². The van der Waals surface area contributed by atoms with Gasteiger partial charge in [-0.3, -0.25) is 14.5 Å². The highest BCUT2D eigenvalue weighted by Crippen LogP contribution is 2.11. The molecular weight excluding hydrogens is 212 g/mol. The number of imide groups is 1. The second kappa shape index (κ2) is 5.45. The molecule has 1 rings (SSSR count). The number of hydrogen-bond acceptors (Lipinski definition) is 4. The average molecular weight is 228 g/mol. The van der Waals surface area contributed by atoms with Crippen LogP contribution in [0.25, 0.3) is 0 Å². The normalized spacial score (nSPS) is 20.1. The summed E-state index contributed by atoms with van der Waals surface area (Å²) in [7, 11) is 3.14. The Morgan fingerprint density at radius 1 is 1.44 bits per heavy atom. The summed E-state index contributed by atoms with van der Waals surface area (Å²) < 4.78 is 0. The molecule has 0 aliphatic carbocycles. The number of amides is 4. The van der Waals surface area contributed by atoms with Gasteiger partial charge in [0.05, 0.1) is 12.5 Å². The monoisotopic (exact) mass is 228 g/mol. The van der Waals surface area contributed by atoms with Crippen molar-refractivity contribution in [2.45, 2.75) is 12.5 Å². The maximum Gasteiger partial charge on any atom is 0.314 e. The van der Waals surface area contributed by atoms with E-state index in [0.29, 0.717) is 0 Å². The van der Waals surface area contributed by atoms with Crippen molar-refractivity contribution < 1.29 is 14.4 Å². The van der Waals surface area contributed by atoms with Crippen LogP contribution < -0.4 is 16.0 Å². The Bertz CT molecular complexity index is 305. The third-order valence-electron chi connectivity index (χ3n) is 2.44. The number of nitrogens with zero attached hydrogens (tertiary/aromatic N) is 1. The third-order valence-corrected chi connectivity index (χ3v) is 2.44. The van der Waals surface area contributed by atoms with E-state index < -0.39 is 6.04 Å². The first-order chi connectivity index (χ1) is 7.60. The summed E-state index contributed by atoms with van der Waals surface area (Å²) in [5.74, 6) is -0.436. The highest BCUT2D eigenvalue weighted by Gasteiger charge is 2.36. The fraction of sp³-hybridized carbons (Fsp3) is 0.667. The molecule has 1 saturated heterocycles. The van der Waals surface area contributed by atoms with Gasteiger partial charge in [0.25, 0.3) is 0 Å². The topological polar surface area (TPSA) is 90.5 Å². The molecule has 1 fully saturated rings. The van der Waals surface area contributed by atoms with Crippen LogP contribution in [0.2, 0.25) is 0 Å². The lowest BCUT2D eigenvalue weighted by atomic mass is 10.2. The van der Waals surface area contributed by atoms with Crippen LogP contribution in [0.1, 0.15) is 6.42 Å². The van der Waals surface area contributed by atoms with Gasteiger partial charge in [0.15, 0.2) is 0 Å². The molecule has 1 aliphatic heterocycles. The van der Waals surface area contributed by atoms with Gasteiger partial charge >= 0.3 is 6.03 Å². The summed E-state index contributed by atoms with van der Waals surface area (Å²) in [6.07, 6.45) is 0.190. The molecule has 7 nitrogen and oxygen atoms in total. The zero-order valence-corrected chi connectivity index (χ0v) is 9.37. The van der Waals surface area contributed by atoms with E-state index in [4.69, 9.17) is 0 Å². The van der Waals surface area contributed by atoms with Gasteiger partial charge in [0.1, 0.15) is 0 Å². The Balaban J connectivity index is 2.40. The Hall–Kier alpha value is -1.63. The summed E-state index contributed by atoms with van der Waals surface area (Å²) in [6.45, 7) is 0.469. The minimum absolute atomic E-state index is 0.190. The van der Waals surface area contributed by atoms with Crippen molar-refractivity contribution >= 4 is 17.8 Å². The van der Waals surface area contributed by atoms with Crippen molar-refractivity contribution in [2.24, 2.45) is 0 Å². The molecule has 1 aliphatic rings. The molecule has 0 bridgehead atoms. The van der Waals surface area contributed by atoms with Gasteiger partial charge in [0.2, 0.25) is 11.8 Å². The predicted octanol–water partition coefficient (Wildman–Crippen LogP) is -1.74. The van der Waals surface area contributed by atoms with Crippen molar-refractivity contribution in [3.8, 4) is 0 Å². The third kappa shape index (κ3) is 2.69. The van der Waals surface area contributed by atoms with Crippen molar-refractivity contribution in [3.05, 3.63) is 0 Å². The number of urea groups is 1. The van der Waals surface area contributed by atoms with Crippen molar-refractivity contribution in [2.75, 3.05) is 27.2 Å². The van der Waals surface area contributed by atoms with E-state index in [-0.39, 0.29) is 37.4 Å². The lowest BCUT2D eigenvalue weighted by molar-refractivity contribution is -0.138. The van der Waals surface area contributed by atoms with E-state index >= 15 is 0 Å². The first kappa shape index (κ1) is 12.4. The van der Waals surface area contributed by atoms with E-state index in [0.717, 1.165) is 4.90 Å². The quantitative estimate of drug-likeness (QED) is 0.498. The Morgan fingerprint density at radius 2 is 2.12 bits per heavy atom. The van der Waals surface area contributed by atoms with E-state index in [9.17, 15) is 14.4 Å². The molecule has 0 aromatic carbocycles. The lowest BCUT2D eigenvalue weighted by Gasteiger charge is -2.14. The number of likely N-dealkylation sites (tertiary alicyclic amines) is 1. The van der Waals surface area contributed by atoms with E-state index in [1.807, 2.05) is 0 Å². The van der Waals surface area contributed by atoms with Crippen LogP contribution in [0.3, 0.4) is 0 Å². The molecule has 0 aromatic heterocycles. The second-order valence-corrected chi connectivity index (χ2v) is 3.43. The fourth-order valence-corrected chi connectivity index (χ4v) is 1.51. The molecule has 1 atom stereocenters. The number of likely N-dealkylation sites (N-methyl/N-ethyl adjacent to an activating group) is 1. The first-order valence-corrected chi connectivity index (χ1v) is 5.07. The highest BCUT2D eigenvalue weighted by atomic mass is 16.2. The van der Waals surface area contributed by atoms with E-state index in [2.05, 4.69) is 16.0 Å². The molecule has 0 saturated carbocycles. The zero-order valence-electron chi connectivity index (χ0n) is 9.37. The molecule has 1 heterocycles. The van der Waals surface area contributed by atoms with Gasteiger partial charge in [-0.15, -0.1) is 0 Å². The number of rotatable bonds is 4. The van der Waals surface area contributed by atoms with Gasteiger partial charge in [0, 0.05) is 20.1 Å². The Morgan fingerprint density at radius 3 is 2.62 bits per heavy atom. The molecule has 7 heteroatoms. The van der Waals surface area contributed by atoms with Gasteiger partial charge in [-0.1, -0.05) is 0 Å². The number of hydrogen-bond donors (Lipinski definition) is 3. The molecule has 3 N–H and O–H groups in total. The molecule has 90 valence electrons. The predicted molar refractivity (Wildman–Crippen MR) is 56.6 cm³/mol. The molecular formula is C9H16N4O3. The molecule has 0 spiro atoms. The molecule has 4 amide bonds. The van der Waals surface area contributed by atoms with Gasteiger partial charge in [-0.2, -0.15) is 0 Å². The van der Waals surface area contributed by atoms with Gasteiger partial charge in [-0.25, -0.2) is 4.79 Å². The molecule has 0 aromatic rings. The SMILES string of the molecule is CNC(=O)NCCN1C(=O)CC(NC)C1=O. The Labute approximate surface area is 93.5 Å². The minimum atomic E-state index is -0.424. The smallest absolute Gasteiger partial charge is 0.314 e. The van der Waals surface area contributed by atoms with Crippen molar-refractivity contribution in [1.29, 1.82) is 0 Å². The van der Waals surface area contributed by atoms with Crippen LogP contribution >= 0.6 is 0 Å². The summed E-state index contributed by atoms with van der Waals surface area (Å²) >= 11 is 0. The first-order valence-electron chi connectivity index (χ1n) is 5.07. The average Bonchev–Trinajstić information content (AvgIpc) is 2.55. The lowest BCUT2D eigenvalue weighted by Crippen LogP contribution is -2.42. The molecule has 16 heavy (non-hydrogen) atoms. The fourth-order valence-electron chi connectivity index (χ4n) is 1.51. The van der Waals surface area contributed by atoms with Crippen LogP contribution in [0.4, 0.5) is 4.79 Å². The van der Waals surface area contributed by atoms with Crippen molar-refractivity contribution in [1.82, 2.24) is 20.9 Å². The van der Waals surface area contributed by atoms with Crippen molar-refractivity contribution in [3.63, 3.8) is 0 Å². The number of carbonyl (C=O) groups excluding carboxylic acids is 3. The summed E-state index contributed by atoms with van der Waals surface area (Å²) in [4.78, 5) is 35.1. The minimum Gasteiger partial charge on any atom is -0.341 e. The summed E-state index contributed by atoms with van der Waals surface area (Å²) in [6, 6.07) is -0.753. The van der Waals surface area contributed by atoms with Crippen LogP contribution in [-0.2, 0) is 9.59 Å². The van der Waals surface area contributed by atoms with Crippen LogP contribution in [0.15, 0.2) is 0 Å². The second-order valence-electron chi connectivity index (χ2n) is 3.43. The van der Waals surface area contributed by atoms with Gasteiger partial charge in [-0.05, 0) is 7.05 Å². The van der Waals surface area contributed by atoms with E-state index in [1.165, 1.54) is 7.05 Å². The summed E-state index contributed by atoms with van der Waals surface area (Å²) in [5.41, 5.74) is 0. The summed E-state index contributed by atoms with van der Waals surface area (Å²) in [5, 5.41) is 7.67. The largest absolute Gasteiger partial charge is 0.341 e. The van der Waals surface area contributed by atoms with Crippen LogP contribution in [-0.4, -0.2) is 56.0 Å². The maximum absolute atomic E-state index is 11.6. The highest BCUT2D eigenvalue weighted by molar-refractivity contribution is 6.05. The Kier molecular flexibility index (Phi) is 4.24. The van der Waals surface area contributed by atoms with E-state index in [1.54, 1.807) is 7.05 Å². The van der Waals surface area contributed by atoms with Gasteiger partial charge < -0.3 is 16.0 Å². The maximum atomic E-state index is 11.6. The number of nitrogens with one attached hydrogen (secondary N) is 3. The molecule has 0 radical (unpaired) electrons. The zero-order chi connectivity index (χ0) is 12.1. The standard InChI is InChI=1S/C9H16N4O3/c1-10-6-5-7(14)13(8(6)15)4-3-12-9(16)11-2/h6,10H,3-5H2,1-2H3,(H2,11,12,16). The molecule has 1 unspecified atom stereocenters. The number of carbonyl (C=O) groups is 3.